The largest absolute Gasteiger partial charge is 0.496 e. The van der Waals surface area contributed by atoms with Crippen LogP contribution in [0.3, 0.4) is 0 Å². The highest BCUT2D eigenvalue weighted by Crippen LogP contribution is 2.32. The van der Waals surface area contributed by atoms with Crippen molar-refractivity contribution in [3.8, 4) is 5.75 Å². The van der Waals surface area contributed by atoms with E-state index in [2.05, 4.69) is 5.32 Å². The highest BCUT2D eigenvalue weighted by molar-refractivity contribution is 8.18. The summed E-state index contributed by atoms with van der Waals surface area (Å²) in [5, 5.41) is 2.41. The van der Waals surface area contributed by atoms with E-state index in [1.165, 1.54) is 7.11 Å². The number of rotatable bonds is 6. The number of hydrogen-bond donors (Lipinski definition) is 1. The molecule has 0 saturated carbocycles. The second-order valence-electron chi connectivity index (χ2n) is 6.70. The number of thioether (sulfide) groups is 1. The van der Waals surface area contributed by atoms with Crippen LogP contribution in [-0.2, 0) is 4.79 Å². The Balaban J connectivity index is 1.62. The number of aryl methyl sites for hydroxylation is 2. The average Bonchev–Trinajstić information content (AvgIpc) is 2.97. The zero-order chi connectivity index (χ0) is 21.0. The van der Waals surface area contributed by atoms with Crippen LogP contribution in [0.15, 0.2) is 47.4 Å². The van der Waals surface area contributed by atoms with Crippen molar-refractivity contribution in [2.75, 3.05) is 20.2 Å². The maximum Gasteiger partial charge on any atom is 0.293 e. The molecule has 0 spiro atoms. The molecule has 2 aromatic rings. The highest BCUT2D eigenvalue weighted by atomic mass is 32.2. The molecule has 0 radical (unpaired) electrons. The number of nitrogens with zero attached hydrogens (tertiary/aromatic N) is 1. The van der Waals surface area contributed by atoms with Crippen molar-refractivity contribution in [2.24, 2.45) is 0 Å². The zero-order valence-corrected chi connectivity index (χ0v) is 17.3. The minimum atomic E-state index is -0.344. The van der Waals surface area contributed by atoms with Gasteiger partial charge in [-0.05, 0) is 49.4 Å². The summed E-state index contributed by atoms with van der Waals surface area (Å²) >= 11 is 0.910. The topological polar surface area (TPSA) is 75.7 Å². The first-order valence-electron chi connectivity index (χ1n) is 9.14. The van der Waals surface area contributed by atoms with Crippen molar-refractivity contribution < 1.29 is 19.1 Å². The molecule has 0 aliphatic carbocycles. The number of imide groups is 1. The molecule has 1 aliphatic heterocycles. The fraction of sp³-hybridized carbons (Fsp3) is 0.227. The first kappa shape index (κ1) is 20.7. The van der Waals surface area contributed by atoms with Gasteiger partial charge in [-0.2, -0.15) is 0 Å². The van der Waals surface area contributed by atoms with Crippen molar-refractivity contribution in [1.82, 2.24) is 10.2 Å². The smallest absolute Gasteiger partial charge is 0.293 e. The predicted molar refractivity (Wildman–Crippen MR) is 114 cm³/mol. The molecule has 0 unspecified atom stereocenters. The molecule has 1 saturated heterocycles. The predicted octanol–water partition coefficient (Wildman–Crippen LogP) is 3.78. The number of nitrogens with one attached hydrogen (secondary N) is 1. The molecular formula is C22H22N2O4S. The van der Waals surface area contributed by atoms with Crippen molar-refractivity contribution in [3.63, 3.8) is 0 Å². The number of carbonyl (C=O) groups is 3. The van der Waals surface area contributed by atoms with E-state index in [4.69, 9.17) is 4.74 Å². The van der Waals surface area contributed by atoms with E-state index in [1.807, 2.05) is 44.2 Å². The summed E-state index contributed by atoms with van der Waals surface area (Å²) < 4.78 is 5.22. The minimum absolute atomic E-state index is 0.107. The number of ether oxygens (including phenoxy) is 1. The van der Waals surface area contributed by atoms with E-state index in [1.54, 1.807) is 18.2 Å². The van der Waals surface area contributed by atoms with Crippen LogP contribution in [0, 0.1) is 13.8 Å². The molecule has 3 rings (SSSR count). The molecule has 1 heterocycles. The van der Waals surface area contributed by atoms with E-state index < -0.39 is 0 Å². The number of methoxy groups -OCH3 is 1. The Labute approximate surface area is 173 Å². The van der Waals surface area contributed by atoms with Gasteiger partial charge in [-0.1, -0.05) is 41.5 Å². The Kier molecular flexibility index (Phi) is 6.39. The lowest BCUT2D eigenvalue weighted by molar-refractivity contribution is -0.122. The number of amides is 3. The summed E-state index contributed by atoms with van der Waals surface area (Å²) in [6, 6.07) is 13.0. The second-order valence-corrected chi connectivity index (χ2v) is 7.70. The summed E-state index contributed by atoms with van der Waals surface area (Å²) in [5.41, 5.74) is 3.33. The highest BCUT2D eigenvalue weighted by Gasteiger charge is 2.34. The lowest BCUT2D eigenvalue weighted by atomic mass is 10.1. The van der Waals surface area contributed by atoms with Crippen LogP contribution in [0.4, 0.5) is 4.79 Å². The molecule has 29 heavy (non-hydrogen) atoms. The first-order valence-corrected chi connectivity index (χ1v) is 9.95. The van der Waals surface area contributed by atoms with Crippen molar-refractivity contribution in [1.29, 1.82) is 0 Å². The molecule has 1 aliphatic rings. The SMILES string of the molecule is COc1ccc(C)cc1C(=O)NCCN1C(=O)S/C(=C/c2ccc(C)cc2)C1=O. The molecule has 6 nitrogen and oxygen atoms in total. The lowest BCUT2D eigenvalue weighted by Crippen LogP contribution is -2.37. The molecule has 150 valence electrons. The molecule has 1 N–H and O–H groups in total. The van der Waals surface area contributed by atoms with Gasteiger partial charge in [0.15, 0.2) is 0 Å². The summed E-state index contributed by atoms with van der Waals surface area (Å²) in [5.74, 6) is -0.184. The van der Waals surface area contributed by atoms with E-state index in [9.17, 15) is 14.4 Å². The molecule has 3 amide bonds. The lowest BCUT2D eigenvalue weighted by Gasteiger charge is -2.14. The maximum atomic E-state index is 12.6. The Hall–Kier alpha value is -3.06. The van der Waals surface area contributed by atoms with E-state index in [0.29, 0.717) is 16.2 Å². The fourth-order valence-electron chi connectivity index (χ4n) is 2.88. The van der Waals surface area contributed by atoms with Gasteiger partial charge in [0.2, 0.25) is 0 Å². The van der Waals surface area contributed by atoms with Gasteiger partial charge >= 0.3 is 0 Å². The van der Waals surface area contributed by atoms with Crippen LogP contribution in [0.1, 0.15) is 27.0 Å². The van der Waals surface area contributed by atoms with Crippen LogP contribution in [0.5, 0.6) is 5.75 Å². The van der Waals surface area contributed by atoms with Crippen LogP contribution >= 0.6 is 11.8 Å². The summed E-state index contributed by atoms with van der Waals surface area (Å²) in [4.78, 5) is 38.8. The number of carbonyl (C=O) groups excluding carboxylic acids is 3. The van der Waals surface area contributed by atoms with E-state index in [-0.39, 0.29) is 30.1 Å². The second kappa shape index (κ2) is 8.96. The van der Waals surface area contributed by atoms with Gasteiger partial charge in [-0.3, -0.25) is 19.3 Å². The zero-order valence-electron chi connectivity index (χ0n) is 16.5. The van der Waals surface area contributed by atoms with Crippen molar-refractivity contribution in [3.05, 3.63) is 69.6 Å². The van der Waals surface area contributed by atoms with Gasteiger partial charge in [0.25, 0.3) is 17.1 Å². The molecule has 2 aromatic carbocycles. The van der Waals surface area contributed by atoms with E-state index >= 15 is 0 Å². The third kappa shape index (κ3) is 4.86. The maximum absolute atomic E-state index is 12.6. The third-order valence-corrected chi connectivity index (χ3v) is 5.38. The van der Waals surface area contributed by atoms with Gasteiger partial charge < -0.3 is 10.1 Å². The van der Waals surface area contributed by atoms with Gasteiger partial charge in [-0.15, -0.1) is 0 Å². The fourth-order valence-corrected chi connectivity index (χ4v) is 3.75. The van der Waals surface area contributed by atoms with Gasteiger partial charge in [0, 0.05) is 13.1 Å². The molecule has 1 fully saturated rings. The summed E-state index contributed by atoms with van der Waals surface area (Å²) in [6.07, 6.45) is 1.71. The molecule has 7 heteroatoms. The molecule has 0 aromatic heterocycles. The Morgan fingerprint density at radius 1 is 1.10 bits per heavy atom. The van der Waals surface area contributed by atoms with E-state index in [0.717, 1.165) is 33.4 Å². The quantitative estimate of drug-likeness (QED) is 0.734. The molecule has 0 bridgehead atoms. The normalized spacial score (nSPS) is 15.1. The molecular weight excluding hydrogens is 388 g/mol. The van der Waals surface area contributed by atoms with Crippen LogP contribution < -0.4 is 10.1 Å². The molecule has 0 atom stereocenters. The Bertz CT molecular complexity index is 983. The number of benzene rings is 2. The van der Waals surface area contributed by atoms with Gasteiger partial charge in [0.1, 0.15) is 5.75 Å². The summed E-state index contributed by atoms with van der Waals surface area (Å²) in [6.45, 7) is 4.14. The van der Waals surface area contributed by atoms with Crippen molar-refractivity contribution >= 4 is 34.9 Å². The summed E-state index contributed by atoms with van der Waals surface area (Å²) in [7, 11) is 1.50. The van der Waals surface area contributed by atoms with Gasteiger partial charge in [0.05, 0.1) is 17.6 Å². The minimum Gasteiger partial charge on any atom is -0.496 e. The van der Waals surface area contributed by atoms with Crippen LogP contribution in [0.25, 0.3) is 6.08 Å². The van der Waals surface area contributed by atoms with Crippen LogP contribution in [-0.4, -0.2) is 42.2 Å². The first-order chi connectivity index (χ1) is 13.9. The standard InChI is InChI=1S/C22H22N2O4S/c1-14-4-7-16(8-5-14)13-19-21(26)24(22(27)29-19)11-10-23-20(25)17-12-15(2)6-9-18(17)28-3/h4-9,12-13H,10-11H2,1-3H3,(H,23,25)/b19-13+. The monoisotopic (exact) mass is 410 g/mol. The van der Waals surface area contributed by atoms with Crippen molar-refractivity contribution in [2.45, 2.75) is 13.8 Å². The Morgan fingerprint density at radius 2 is 1.79 bits per heavy atom. The van der Waals surface area contributed by atoms with Crippen LogP contribution in [0.2, 0.25) is 0 Å². The third-order valence-electron chi connectivity index (χ3n) is 4.47. The number of hydrogen-bond acceptors (Lipinski definition) is 5. The van der Waals surface area contributed by atoms with Gasteiger partial charge in [-0.25, -0.2) is 0 Å². The average molecular weight is 410 g/mol. The Morgan fingerprint density at radius 3 is 2.48 bits per heavy atom.